The molecule has 0 saturated heterocycles. The lowest BCUT2D eigenvalue weighted by molar-refractivity contribution is 0.248. The average Bonchev–Trinajstić information content (AvgIpc) is 2.09. The molecule has 0 fully saturated rings. The van der Waals surface area contributed by atoms with Gasteiger partial charge in [0.1, 0.15) is 0 Å². The molecule has 0 radical (unpaired) electrons. The molecule has 2 nitrogen and oxygen atoms in total. The summed E-state index contributed by atoms with van der Waals surface area (Å²) in [6.07, 6.45) is 2.93. The van der Waals surface area contributed by atoms with Crippen LogP contribution in [0.5, 0.6) is 0 Å². The van der Waals surface area contributed by atoms with Crippen molar-refractivity contribution in [3.05, 3.63) is 17.0 Å². The van der Waals surface area contributed by atoms with E-state index >= 15 is 0 Å². The average molecular weight is 154 g/mol. The van der Waals surface area contributed by atoms with Crippen LogP contribution in [0.15, 0.2) is 11.8 Å². The van der Waals surface area contributed by atoms with Gasteiger partial charge in [-0.3, -0.25) is 0 Å². The van der Waals surface area contributed by atoms with E-state index in [1.807, 2.05) is 13.8 Å². The van der Waals surface area contributed by atoms with E-state index in [1.165, 1.54) is 0 Å². The van der Waals surface area contributed by atoms with Crippen LogP contribution in [0.2, 0.25) is 0 Å². The molecule has 0 aliphatic carbocycles. The molecular formula is C9H16NO-. The van der Waals surface area contributed by atoms with Gasteiger partial charge in [0, 0.05) is 11.2 Å². The van der Waals surface area contributed by atoms with Crippen molar-refractivity contribution in [3.8, 4) is 0 Å². The normalized spacial score (nSPS) is 22.7. The van der Waals surface area contributed by atoms with Gasteiger partial charge in [-0.1, -0.05) is 19.9 Å². The molecule has 0 unspecified atom stereocenters. The number of nitrogens with zero attached hydrogens (tertiary/aromatic N) is 1. The second kappa shape index (κ2) is 2.52. The van der Waals surface area contributed by atoms with E-state index in [0.29, 0.717) is 5.92 Å². The van der Waals surface area contributed by atoms with Gasteiger partial charge in [0.15, 0.2) is 0 Å². The first-order valence-corrected chi connectivity index (χ1v) is 4.12. The Hall–Kier alpha value is -0.500. The lowest BCUT2D eigenvalue weighted by Gasteiger charge is -2.43. The largest absolute Gasteiger partial charge is 0.758 e. The van der Waals surface area contributed by atoms with Gasteiger partial charge >= 0.3 is 0 Å². The maximum atomic E-state index is 11.5. The maximum absolute atomic E-state index is 11.5. The molecule has 1 rings (SSSR count). The molecule has 1 heterocycles. The molecular weight excluding hydrogens is 138 g/mol. The van der Waals surface area contributed by atoms with Crippen LogP contribution in [-0.4, -0.2) is 10.6 Å². The van der Waals surface area contributed by atoms with E-state index in [0.717, 1.165) is 17.2 Å². The van der Waals surface area contributed by atoms with Crippen molar-refractivity contribution in [3.63, 3.8) is 0 Å². The van der Waals surface area contributed by atoms with E-state index in [1.54, 1.807) is 0 Å². The Morgan fingerprint density at radius 1 is 1.55 bits per heavy atom. The monoisotopic (exact) mass is 154 g/mol. The van der Waals surface area contributed by atoms with Gasteiger partial charge in [-0.15, -0.1) is 0 Å². The third kappa shape index (κ3) is 1.41. The molecule has 1 aliphatic rings. The highest BCUT2D eigenvalue weighted by Gasteiger charge is 2.27. The van der Waals surface area contributed by atoms with Crippen molar-refractivity contribution in [1.29, 1.82) is 0 Å². The number of hydroxylamine groups is 2. The lowest BCUT2D eigenvalue weighted by Crippen LogP contribution is -2.35. The third-order valence-corrected chi connectivity index (χ3v) is 2.19. The molecule has 0 bridgehead atoms. The van der Waals surface area contributed by atoms with Gasteiger partial charge < -0.3 is 10.3 Å². The molecule has 0 aromatic carbocycles. The molecule has 0 spiro atoms. The summed E-state index contributed by atoms with van der Waals surface area (Å²) < 4.78 is 0. The zero-order chi connectivity index (χ0) is 8.65. The van der Waals surface area contributed by atoms with Gasteiger partial charge in [0.25, 0.3) is 0 Å². The Morgan fingerprint density at radius 3 is 2.27 bits per heavy atom. The smallest absolute Gasteiger partial charge is 0.0265 e. The molecule has 2 heteroatoms. The van der Waals surface area contributed by atoms with Crippen LogP contribution >= 0.6 is 0 Å². The minimum atomic E-state index is -0.209. The van der Waals surface area contributed by atoms with Crippen molar-refractivity contribution in [2.45, 2.75) is 39.7 Å². The Balaban J connectivity index is 2.75. The Bertz CT molecular complexity index is 182. The van der Waals surface area contributed by atoms with E-state index in [4.69, 9.17) is 0 Å². The number of rotatable bonds is 1. The lowest BCUT2D eigenvalue weighted by atomic mass is 10.0. The van der Waals surface area contributed by atoms with E-state index in [-0.39, 0.29) is 5.54 Å². The molecule has 0 atom stereocenters. The highest BCUT2D eigenvalue weighted by atomic mass is 16.5. The molecule has 64 valence electrons. The summed E-state index contributed by atoms with van der Waals surface area (Å²) in [5.41, 5.74) is 0.731. The second-order valence-electron chi connectivity index (χ2n) is 4.09. The summed E-state index contributed by atoms with van der Waals surface area (Å²) in [6.45, 7) is 8.06. The Kier molecular flexibility index (Phi) is 1.97. The van der Waals surface area contributed by atoms with Crippen molar-refractivity contribution in [2.24, 2.45) is 5.92 Å². The van der Waals surface area contributed by atoms with Crippen molar-refractivity contribution >= 4 is 0 Å². The van der Waals surface area contributed by atoms with Gasteiger partial charge in [-0.25, -0.2) is 0 Å². The van der Waals surface area contributed by atoms with Crippen LogP contribution in [0.4, 0.5) is 0 Å². The second-order valence-corrected chi connectivity index (χ2v) is 4.09. The first kappa shape index (κ1) is 8.60. The molecule has 11 heavy (non-hydrogen) atoms. The van der Waals surface area contributed by atoms with Crippen LogP contribution in [0.25, 0.3) is 0 Å². The van der Waals surface area contributed by atoms with Crippen LogP contribution in [0.1, 0.15) is 34.1 Å². The number of allylic oxidation sites excluding steroid dienone is 1. The quantitative estimate of drug-likeness (QED) is 0.580. The van der Waals surface area contributed by atoms with E-state index < -0.39 is 0 Å². The number of hydrogen-bond acceptors (Lipinski definition) is 2. The SMILES string of the molecule is CC(C)C1=CCC(C)(C)N1[O-]. The highest BCUT2D eigenvalue weighted by Crippen LogP contribution is 2.33. The molecule has 0 amide bonds. The van der Waals surface area contributed by atoms with Crippen molar-refractivity contribution in [1.82, 2.24) is 5.06 Å². The van der Waals surface area contributed by atoms with Crippen LogP contribution < -0.4 is 0 Å². The van der Waals surface area contributed by atoms with Gasteiger partial charge in [-0.2, -0.15) is 0 Å². The minimum absolute atomic E-state index is 0.209. The van der Waals surface area contributed by atoms with Gasteiger partial charge in [0.05, 0.1) is 0 Å². The summed E-state index contributed by atoms with van der Waals surface area (Å²) in [4.78, 5) is 0. The molecule has 0 N–H and O–H groups in total. The molecule has 0 aromatic rings. The zero-order valence-electron chi connectivity index (χ0n) is 7.72. The van der Waals surface area contributed by atoms with Crippen LogP contribution in [0, 0.1) is 11.1 Å². The standard InChI is InChI=1S/C9H16NO/c1-7(2)8-5-6-9(3,4)10(8)11/h5,7H,6H2,1-4H3/q-1. The summed E-state index contributed by atoms with van der Waals surface area (Å²) in [6, 6.07) is 0. The van der Waals surface area contributed by atoms with Crippen LogP contribution in [-0.2, 0) is 0 Å². The predicted octanol–water partition coefficient (Wildman–Crippen LogP) is 2.51. The van der Waals surface area contributed by atoms with Crippen molar-refractivity contribution < 1.29 is 0 Å². The molecule has 1 aliphatic heterocycles. The van der Waals surface area contributed by atoms with Crippen molar-refractivity contribution in [2.75, 3.05) is 0 Å². The first-order valence-electron chi connectivity index (χ1n) is 4.12. The maximum Gasteiger partial charge on any atom is 0.0265 e. The fraction of sp³-hybridized carbons (Fsp3) is 0.778. The minimum Gasteiger partial charge on any atom is -0.758 e. The molecule has 0 aromatic heterocycles. The predicted molar refractivity (Wildman–Crippen MR) is 46.8 cm³/mol. The summed E-state index contributed by atoms with van der Waals surface area (Å²) in [7, 11) is 0. The topological polar surface area (TPSA) is 26.3 Å². The zero-order valence-corrected chi connectivity index (χ0v) is 7.72. The highest BCUT2D eigenvalue weighted by molar-refractivity contribution is 5.17. The van der Waals surface area contributed by atoms with Gasteiger partial charge in [-0.05, 0) is 26.2 Å². The number of hydrogen-bond donors (Lipinski definition) is 0. The summed E-state index contributed by atoms with van der Waals surface area (Å²) >= 11 is 0. The van der Waals surface area contributed by atoms with E-state index in [2.05, 4.69) is 19.9 Å². The fourth-order valence-electron chi connectivity index (χ4n) is 1.34. The summed E-state index contributed by atoms with van der Waals surface area (Å²) in [5.74, 6) is 0.356. The van der Waals surface area contributed by atoms with Crippen LogP contribution in [0.3, 0.4) is 0 Å². The molecule has 0 saturated carbocycles. The van der Waals surface area contributed by atoms with Gasteiger partial charge in [0.2, 0.25) is 0 Å². The summed E-state index contributed by atoms with van der Waals surface area (Å²) in [5, 5.41) is 12.7. The first-order chi connectivity index (χ1) is 4.95. The Labute approximate surface area is 68.5 Å². The van der Waals surface area contributed by atoms with E-state index in [9.17, 15) is 5.21 Å². The fourth-order valence-corrected chi connectivity index (χ4v) is 1.34. The Morgan fingerprint density at radius 2 is 2.09 bits per heavy atom. The third-order valence-electron chi connectivity index (χ3n) is 2.19.